The summed E-state index contributed by atoms with van der Waals surface area (Å²) < 4.78 is 14.3. The lowest BCUT2D eigenvalue weighted by Gasteiger charge is -2.39. The van der Waals surface area contributed by atoms with E-state index < -0.39 is 10.8 Å². The number of nitrogens with zero attached hydrogens (tertiary/aromatic N) is 7. The van der Waals surface area contributed by atoms with E-state index in [1.54, 1.807) is 0 Å². The molecule has 2 aliphatic carbocycles. The van der Waals surface area contributed by atoms with Crippen molar-refractivity contribution in [1.82, 2.24) is 34.9 Å². The SMILES string of the molecule is c1ccc(-c2cc(-c3ccc(-c4nc(-c5ccccc5)nc(-c5ccc6c(c5)Oc5ccccc5C65c6ccccc6-c6ccccc65)n4)cc3)cc(-c3cccc(-c4ccc5c(c4)C4(c6ccc(-c7nc(-c8ccccc8)nc(-c8ccc(-c9cccc%10cccnc9%10)cc8)n7)cc6O5)c5ccccc5-c5ccccc54)c3)c2)cc1. The number of hydrogen-bond acceptors (Lipinski definition) is 9. The second-order valence-electron chi connectivity index (χ2n) is 30.1. The summed E-state index contributed by atoms with van der Waals surface area (Å²) in [6.45, 7) is 0. The number of fused-ring (bicyclic) bond motifs is 19. The molecular weight excluding hydrogens is 1420 g/mol. The molecule has 116 heavy (non-hydrogen) atoms. The average Bonchev–Trinajstić information content (AvgIpc) is 1.48. The molecule has 16 aromatic carbocycles. The Balaban J connectivity index is 0.600. The lowest BCUT2D eigenvalue weighted by atomic mass is 9.65. The van der Waals surface area contributed by atoms with Gasteiger partial charge >= 0.3 is 0 Å². The highest BCUT2D eigenvalue weighted by Crippen LogP contribution is 2.65. The summed E-state index contributed by atoms with van der Waals surface area (Å²) in [5, 5.41) is 1.09. The van der Waals surface area contributed by atoms with Crippen molar-refractivity contribution in [3.05, 3.63) is 439 Å². The van der Waals surface area contributed by atoms with Gasteiger partial charge in [-0.15, -0.1) is 0 Å². The van der Waals surface area contributed by atoms with E-state index in [0.29, 0.717) is 34.9 Å². The third kappa shape index (κ3) is 10.6. The monoisotopic (exact) mass is 1480 g/mol. The van der Waals surface area contributed by atoms with E-state index in [0.717, 1.165) is 145 Å². The van der Waals surface area contributed by atoms with Crippen molar-refractivity contribution in [1.29, 1.82) is 0 Å². The highest BCUT2D eigenvalue weighted by atomic mass is 16.5. The first kappa shape index (κ1) is 66.3. The fraction of sp³-hybridized carbons (Fsp3) is 0.0187. The molecule has 5 heterocycles. The summed E-state index contributed by atoms with van der Waals surface area (Å²) in [4.78, 5) is 36.2. The van der Waals surface area contributed by atoms with Gasteiger partial charge in [0.2, 0.25) is 0 Å². The minimum Gasteiger partial charge on any atom is -0.457 e. The van der Waals surface area contributed by atoms with Crippen LogP contribution in [0.1, 0.15) is 44.5 Å². The first-order chi connectivity index (χ1) is 57.4. The van der Waals surface area contributed by atoms with Crippen LogP contribution < -0.4 is 9.47 Å². The van der Waals surface area contributed by atoms with E-state index in [1.807, 2.05) is 60.8 Å². The second-order valence-corrected chi connectivity index (χ2v) is 30.1. The molecule has 540 valence electrons. The molecule has 0 N–H and O–H groups in total. The Bertz CT molecular complexity index is 7110. The third-order valence-corrected chi connectivity index (χ3v) is 23.8. The molecule has 0 bridgehead atoms. The predicted molar refractivity (Wildman–Crippen MR) is 463 cm³/mol. The molecule has 4 aliphatic rings. The largest absolute Gasteiger partial charge is 0.457 e. The van der Waals surface area contributed by atoms with E-state index >= 15 is 0 Å². The molecule has 19 aromatic rings. The summed E-state index contributed by atoms with van der Waals surface area (Å²) >= 11 is 0. The van der Waals surface area contributed by atoms with Gasteiger partial charge in [0, 0.05) is 72.8 Å². The van der Waals surface area contributed by atoms with Gasteiger partial charge in [0.1, 0.15) is 23.0 Å². The number of para-hydroxylation sites is 2. The van der Waals surface area contributed by atoms with Crippen molar-refractivity contribution in [3.8, 4) is 169 Å². The van der Waals surface area contributed by atoms with Crippen molar-refractivity contribution in [2.45, 2.75) is 10.8 Å². The highest BCUT2D eigenvalue weighted by molar-refractivity contribution is 5.95. The van der Waals surface area contributed by atoms with Crippen LogP contribution in [-0.2, 0) is 10.8 Å². The maximum atomic E-state index is 7.31. The van der Waals surface area contributed by atoms with E-state index in [4.69, 9.17) is 44.4 Å². The molecule has 3 aromatic heterocycles. The molecule has 0 saturated heterocycles. The van der Waals surface area contributed by atoms with Crippen LogP contribution in [0.2, 0.25) is 0 Å². The van der Waals surface area contributed by atoms with Gasteiger partial charge in [-0.25, -0.2) is 29.9 Å². The molecule has 2 spiro atoms. The first-order valence-corrected chi connectivity index (χ1v) is 39.2. The van der Waals surface area contributed by atoms with Gasteiger partial charge in [0.15, 0.2) is 34.9 Å². The Morgan fingerprint density at radius 2 is 0.483 bits per heavy atom. The molecule has 9 nitrogen and oxygen atoms in total. The summed E-state index contributed by atoms with van der Waals surface area (Å²) in [6, 6.07) is 138. The molecule has 0 radical (unpaired) electrons. The Hall–Kier alpha value is -15.5. The maximum Gasteiger partial charge on any atom is 0.164 e. The van der Waals surface area contributed by atoms with Gasteiger partial charge in [-0.05, 0) is 155 Å². The fourth-order valence-electron chi connectivity index (χ4n) is 18.5. The minimum atomic E-state index is -0.764. The zero-order chi connectivity index (χ0) is 76.4. The molecule has 0 unspecified atom stereocenters. The van der Waals surface area contributed by atoms with Crippen LogP contribution in [-0.4, -0.2) is 34.9 Å². The summed E-state index contributed by atoms with van der Waals surface area (Å²) in [7, 11) is 0. The van der Waals surface area contributed by atoms with Crippen molar-refractivity contribution < 1.29 is 9.47 Å². The molecule has 0 atom stereocenters. The van der Waals surface area contributed by atoms with Gasteiger partial charge in [0.05, 0.1) is 16.3 Å². The smallest absolute Gasteiger partial charge is 0.164 e. The number of pyridine rings is 1. The van der Waals surface area contributed by atoms with Gasteiger partial charge in [-0.2, -0.15) is 0 Å². The Morgan fingerprint density at radius 1 is 0.172 bits per heavy atom. The number of benzene rings is 16. The average molecular weight is 1480 g/mol. The molecule has 0 saturated carbocycles. The van der Waals surface area contributed by atoms with Gasteiger partial charge in [-0.3, -0.25) is 4.98 Å². The Labute approximate surface area is 670 Å². The van der Waals surface area contributed by atoms with Crippen molar-refractivity contribution >= 4 is 10.9 Å². The quantitative estimate of drug-likeness (QED) is 0.125. The lowest BCUT2D eigenvalue weighted by Crippen LogP contribution is -2.32. The van der Waals surface area contributed by atoms with Crippen LogP contribution in [0.5, 0.6) is 23.0 Å². The summed E-state index contributed by atoms with van der Waals surface area (Å²) in [5.74, 6) is 6.45. The topological polar surface area (TPSA) is 109 Å². The van der Waals surface area contributed by atoms with Gasteiger partial charge in [-0.1, -0.05) is 328 Å². The molecule has 0 amide bonds. The van der Waals surface area contributed by atoms with E-state index in [1.165, 1.54) is 44.5 Å². The number of ether oxygens (including phenoxy) is 2. The molecule has 9 heteroatoms. The molecular formula is C107H65N7O2. The molecule has 2 aliphatic heterocycles. The summed E-state index contributed by atoms with van der Waals surface area (Å²) in [6.07, 6.45) is 1.85. The first-order valence-electron chi connectivity index (χ1n) is 39.2. The van der Waals surface area contributed by atoms with Crippen LogP contribution in [0.25, 0.3) is 157 Å². The third-order valence-electron chi connectivity index (χ3n) is 23.8. The predicted octanol–water partition coefficient (Wildman–Crippen LogP) is 25.9. The normalized spacial score (nSPS) is 13.1. The van der Waals surface area contributed by atoms with E-state index in [-0.39, 0.29) is 0 Å². The van der Waals surface area contributed by atoms with Crippen molar-refractivity contribution in [2.75, 3.05) is 0 Å². The summed E-state index contributed by atoms with van der Waals surface area (Å²) in [5.41, 5.74) is 29.5. The van der Waals surface area contributed by atoms with Crippen LogP contribution in [0.4, 0.5) is 0 Å². The molecule has 0 fully saturated rings. The van der Waals surface area contributed by atoms with E-state index in [2.05, 4.69) is 334 Å². The van der Waals surface area contributed by atoms with Crippen LogP contribution in [0.15, 0.2) is 394 Å². The standard InChI is InChI=1S/C107H65N7O2/c1-4-23-66(24-5-1)79-60-80(67-44-48-72(49-45-67)102-109-100(70-25-6-2-7-26-70)111-104(113-102)77-52-55-92-97(64-77)115-95-43-19-18-42-91(95)106(92)87-38-14-10-33-83(87)84-34-11-15-39-88(84)106)62-81(61-79)75-31-20-30-74(59-75)76-54-57-96-94(63-76)107(89-40-16-12-35-85(89)86-36-13-17-41-90(86)107)93-56-53-78(65-98(93)116-96)105-112-101(71-27-8-3-9-28-71)110-103(114-105)73-50-46-68(47-51-73)82-37-21-29-69-32-22-58-108-99(69)82/h1-65H. The van der Waals surface area contributed by atoms with E-state index in [9.17, 15) is 0 Å². The van der Waals surface area contributed by atoms with Crippen LogP contribution in [0, 0.1) is 0 Å². The zero-order valence-corrected chi connectivity index (χ0v) is 62.5. The zero-order valence-electron chi connectivity index (χ0n) is 62.5. The highest BCUT2D eigenvalue weighted by Gasteiger charge is 2.53. The van der Waals surface area contributed by atoms with Crippen LogP contribution >= 0.6 is 0 Å². The number of hydrogen-bond donors (Lipinski definition) is 0. The fourth-order valence-corrected chi connectivity index (χ4v) is 18.5. The minimum absolute atomic E-state index is 0.537. The Kier molecular flexibility index (Phi) is 15.2. The van der Waals surface area contributed by atoms with Gasteiger partial charge < -0.3 is 9.47 Å². The Morgan fingerprint density at radius 3 is 0.991 bits per heavy atom. The van der Waals surface area contributed by atoms with Crippen molar-refractivity contribution in [2.24, 2.45) is 0 Å². The van der Waals surface area contributed by atoms with Gasteiger partial charge in [0.25, 0.3) is 0 Å². The second kappa shape index (κ2) is 26.6. The molecule has 23 rings (SSSR count). The maximum absolute atomic E-state index is 7.31. The van der Waals surface area contributed by atoms with Crippen molar-refractivity contribution in [3.63, 3.8) is 0 Å². The number of rotatable bonds is 11. The number of aromatic nitrogens is 7. The lowest BCUT2D eigenvalue weighted by molar-refractivity contribution is 0.436. The van der Waals surface area contributed by atoms with Crippen LogP contribution in [0.3, 0.4) is 0 Å².